The van der Waals surface area contributed by atoms with E-state index in [1.165, 1.54) is 16.7 Å². The van der Waals surface area contributed by atoms with Crippen molar-refractivity contribution in [1.82, 2.24) is 0 Å². The molecule has 0 aromatic heterocycles. The molecule has 1 rings (SSSR count). The number of aryl methyl sites for hydroxylation is 2. The van der Waals surface area contributed by atoms with E-state index in [0.717, 1.165) is 24.8 Å². The lowest BCUT2D eigenvalue weighted by atomic mass is 10.0. The molecule has 0 amide bonds. The molecule has 0 aliphatic carbocycles. The molecule has 0 atom stereocenters. The SMILES string of the molecule is COCCCc1cc(CBr)ccc1C. The molecule has 0 aliphatic rings. The van der Waals surface area contributed by atoms with Crippen LogP contribution in [0.15, 0.2) is 18.2 Å². The third-order valence-electron chi connectivity index (χ3n) is 2.36. The maximum atomic E-state index is 5.05. The summed E-state index contributed by atoms with van der Waals surface area (Å²) < 4.78 is 5.05. The van der Waals surface area contributed by atoms with E-state index in [2.05, 4.69) is 41.1 Å². The molecule has 2 heteroatoms. The number of rotatable bonds is 5. The summed E-state index contributed by atoms with van der Waals surface area (Å²) >= 11 is 3.47. The maximum absolute atomic E-state index is 5.05. The number of hydrogen-bond donors (Lipinski definition) is 0. The molecular formula is C12H17BrO. The number of methoxy groups -OCH3 is 1. The number of ether oxygens (including phenoxy) is 1. The van der Waals surface area contributed by atoms with Crippen molar-refractivity contribution in [2.24, 2.45) is 0 Å². The molecule has 0 radical (unpaired) electrons. The summed E-state index contributed by atoms with van der Waals surface area (Å²) in [4.78, 5) is 0. The zero-order chi connectivity index (χ0) is 10.4. The van der Waals surface area contributed by atoms with Gasteiger partial charge in [0.2, 0.25) is 0 Å². The molecule has 0 unspecified atom stereocenters. The molecule has 0 bridgehead atoms. The van der Waals surface area contributed by atoms with Gasteiger partial charge in [0.15, 0.2) is 0 Å². The van der Waals surface area contributed by atoms with Gasteiger partial charge in [0.05, 0.1) is 0 Å². The van der Waals surface area contributed by atoms with Crippen LogP contribution in [0.2, 0.25) is 0 Å². The standard InChI is InChI=1S/C12H17BrO/c1-10-5-6-11(9-13)8-12(10)4-3-7-14-2/h5-6,8H,3-4,7,9H2,1-2H3. The van der Waals surface area contributed by atoms with Crippen molar-refractivity contribution in [2.75, 3.05) is 13.7 Å². The summed E-state index contributed by atoms with van der Waals surface area (Å²) in [6.07, 6.45) is 2.21. The fraction of sp³-hybridized carbons (Fsp3) is 0.500. The smallest absolute Gasteiger partial charge is 0.0465 e. The predicted octanol–water partition coefficient (Wildman–Crippen LogP) is 3.47. The summed E-state index contributed by atoms with van der Waals surface area (Å²) in [6.45, 7) is 3.01. The molecule has 0 saturated heterocycles. The van der Waals surface area contributed by atoms with Gasteiger partial charge in [0.25, 0.3) is 0 Å². The van der Waals surface area contributed by atoms with E-state index in [0.29, 0.717) is 0 Å². The van der Waals surface area contributed by atoms with Gasteiger partial charge in [-0.2, -0.15) is 0 Å². The molecule has 0 spiro atoms. The second kappa shape index (κ2) is 6.20. The zero-order valence-corrected chi connectivity index (χ0v) is 10.4. The molecule has 0 heterocycles. The first-order valence-corrected chi connectivity index (χ1v) is 6.03. The van der Waals surface area contributed by atoms with Crippen molar-refractivity contribution in [1.29, 1.82) is 0 Å². The molecule has 1 nitrogen and oxygen atoms in total. The first-order chi connectivity index (χ1) is 6.77. The van der Waals surface area contributed by atoms with E-state index in [1.807, 2.05) is 0 Å². The molecule has 0 aliphatic heterocycles. The van der Waals surface area contributed by atoms with E-state index in [1.54, 1.807) is 7.11 Å². The number of halogens is 1. The molecule has 78 valence electrons. The Bertz CT molecular complexity index is 284. The average Bonchev–Trinajstić information content (AvgIpc) is 2.21. The van der Waals surface area contributed by atoms with Gasteiger partial charge in [-0.1, -0.05) is 34.1 Å². The fourth-order valence-corrected chi connectivity index (χ4v) is 1.83. The lowest BCUT2D eigenvalue weighted by Crippen LogP contribution is -1.96. The summed E-state index contributed by atoms with van der Waals surface area (Å²) in [6, 6.07) is 6.64. The minimum Gasteiger partial charge on any atom is -0.385 e. The Morgan fingerprint density at radius 3 is 2.79 bits per heavy atom. The van der Waals surface area contributed by atoms with Crippen molar-refractivity contribution in [3.63, 3.8) is 0 Å². The van der Waals surface area contributed by atoms with Crippen LogP contribution in [0.25, 0.3) is 0 Å². The molecule has 1 aromatic carbocycles. The molecule has 0 fully saturated rings. The van der Waals surface area contributed by atoms with E-state index in [4.69, 9.17) is 4.74 Å². The molecule has 14 heavy (non-hydrogen) atoms. The van der Waals surface area contributed by atoms with Crippen molar-refractivity contribution >= 4 is 15.9 Å². The summed E-state index contributed by atoms with van der Waals surface area (Å²) in [7, 11) is 1.75. The Hall–Kier alpha value is -0.340. The second-order valence-corrected chi connectivity index (χ2v) is 4.05. The van der Waals surface area contributed by atoms with Crippen LogP contribution in [0.5, 0.6) is 0 Å². The predicted molar refractivity (Wildman–Crippen MR) is 64.0 cm³/mol. The highest BCUT2D eigenvalue weighted by atomic mass is 79.9. The molecule has 1 aromatic rings. The van der Waals surface area contributed by atoms with Crippen LogP contribution in [0.4, 0.5) is 0 Å². The monoisotopic (exact) mass is 256 g/mol. The highest BCUT2D eigenvalue weighted by molar-refractivity contribution is 9.08. The van der Waals surface area contributed by atoms with E-state index in [-0.39, 0.29) is 0 Å². The first kappa shape index (κ1) is 11.7. The van der Waals surface area contributed by atoms with Crippen LogP contribution in [-0.2, 0) is 16.5 Å². The summed E-state index contributed by atoms with van der Waals surface area (Å²) in [5, 5.41) is 0.935. The molecule has 0 saturated carbocycles. The van der Waals surface area contributed by atoms with Gasteiger partial charge in [0, 0.05) is 19.0 Å². The van der Waals surface area contributed by atoms with Gasteiger partial charge >= 0.3 is 0 Å². The van der Waals surface area contributed by atoms with Crippen LogP contribution in [0.1, 0.15) is 23.1 Å². The van der Waals surface area contributed by atoms with E-state index in [9.17, 15) is 0 Å². The Morgan fingerprint density at radius 2 is 2.14 bits per heavy atom. The van der Waals surface area contributed by atoms with E-state index < -0.39 is 0 Å². The second-order valence-electron chi connectivity index (χ2n) is 3.49. The number of benzene rings is 1. The molecular weight excluding hydrogens is 240 g/mol. The maximum Gasteiger partial charge on any atom is 0.0465 e. The Kier molecular flexibility index (Phi) is 5.20. The van der Waals surface area contributed by atoms with Gasteiger partial charge in [-0.05, 0) is 36.5 Å². The third-order valence-corrected chi connectivity index (χ3v) is 3.01. The minimum absolute atomic E-state index is 0.845. The minimum atomic E-state index is 0.845. The highest BCUT2D eigenvalue weighted by Crippen LogP contribution is 2.15. The largest absolute Gasteiger partial charge is 0.385 e. The van der Waals surface area contributed by atoms with Gasteiger partial charge in [-0.25, -0.2) is 0 Å². The summed E-state index contributed by atoms with van der Waals surface area (Å²) in [5.41, 5.74) is 4.17. The lowest BCUT2D eigenvalue weighted by molar-refractivity contribution is 0.195. The van der Waals surface area contributed by atoms with Gasteiger partial charge in [0.1, 0.15) is 0 Å². The van der Waals surface area contributed by atoms with Crippen LogP contribution < -0.4 is 0 Å². The zero-order valence-electron chi connectivity index (χ0n) is 8.85. The van der Waals surface area contributed by atoms with E-state index >= 15 is 0 Å². The van der Waals surface area contributed by atoms with Crippen LogP contribution >= 0.6 is 15.9 Å². The first-order valence-electron chi connectivity index (χ1n) is 4.91. The van der Waals surface area contributed by atoms with Crippen LogP contribution in [-0.4, -0.2) is 13.7 Å². The van der Waals surface area contributed by atoms with Crippen LogP contribution in [0, 0.1) is 6.92 Å². The quantitative estimate of drug-likeness (QED) is 0.579. The number of hydrogen-bond acceptors (Lipinski definition) is 1. The van der Waals surface area contributed by atoms with Crippen molar-refractivity contribution in [3.05, 3.63) is 34.9 Å². The molecule has 0 N–H and O–H groups in total. The highest BCUT2D eigenvalue weighted by Gasteiger charge is 1.99. The van der Waals surface area contributed by atoms with Gasteiger partial charge < -0.3 is 4.74 Å². The number of alkyl halides is 1. The average molecular weight is 257 g/mol. The van der Waals surface area contributed by atoms with Gasteiger partial charge in [-0.15, -0.1) is 0 Å². The van der Waals surface area contributed by atoms with Crippen molar-refractivity contribution in [2.45, 2.75) is 25.1 Å². The fourth-order valence-electron chi connectivity index (χ4n) is 1.48. The summed E-state index contributed by atoms with van der Waals surface area (Å²) in [5.74, 6) is 0. The van der Waals surface area contributed by atoms with Crippen LogP contribution in [0.3, 0.4) is 0 Å². The van der Waals surface area contributed by atoms with Crippen molar-refractivity contribution < 1.29 is 4.74 Å². The van der Waals surface area contributed by atoms with Crippen molar-refractivity contribution in [3.8, 4) is 0 Å². The Morgan fingerprint density at radius 1 is 1.36 bits per heavy atom. The third kappa shape index (κ3) is 3.43. The normalized spacial score (nSPS) is 10.5. The lowest BCUT2D eigenvalue weighted by Gasteiger charge is -2.07. The Labute approximate surface area is 94.6 Å². The topological polar surface area (TPSA) is 9.23 Å². The van der Waals surface area contributed by atoms with Gasteiger partial charge in [-0.3, -0.25) is 0 Å². The Balaban J connectivity index is 2.64.